The molecule has 0 aromatic carbocycles. The minimum atomic E-state index is 0.484. The van der Waals surface area contributed by atoms with Crippen LogP contribution in [0.3, 0.4) is 0 Å². The van der Waals surface area contributed by atoms with Gasteiger partial charge >= 0.3 is 0 Å². The van der Waals surface area contributed by atoms with Crippen LogP contribution in [0.1, 0.15) is 90.4 Å². The van der Waals surface area contributed by atoms with Crippen LogP contribution in [-0.2, 0) is 4.79 Å². The second-order valence-corrected chi connectivity index (χ2v) is 5.30. The van der Waals surface area contributed by atoms with Gasteiger partial charge in [0.15, 0.2) is 0 Å². The zero-order valence-corrected chi connectivity index (χ0v) is 12.4. The first-order valence-electron chi connectivity index (χ1n) is 7.93. The fourth-order valence-corrected chi connectivity index (χ4v) is 2.19. The van der Waals surface area contributed by atoms with Crippen molar-refractivity contribution in [1.82, 2.24) is 0 Å². The SMILES string of the molecule is C=CCCCCCCCC(=O)CCCCCCC. The molecule has 0 fully saturated rings. The summed E-state index contributed by atoms with van der Waals surface area (Å²) in [6.45, 7) is 5.94. The molecular formula is C17H32O. The molecule has 0 aliphatic heterocycles. The van der Waals surface area contributed by atoms with Gasteiger partial charge in [0.05, 0.1) is 0 Å². The normalized spacial score (nSPS) is 10.5. The minimum Gasteiger partial charge on any atom is -0.300 e. The van der Waals surface area contributed by atoms with E-state index in [4.69, 9.17) is 0 Å². The van der Waals surface area contributed by atoms with Crippen molar-refractivity contribution in [3.8, 4) is 0 Å². The molecule has 0 aliphatic carbocycles. The summed E-state index contributed by atoms with van der Waals surface area (Å²) >= 11 is 0. The van der Waals surface area contributed by atoms with Gasteiger partial charge in [-0.25, -0.2) is 0 Å². The topological polar surface area (TPSA) is 17.1 Å². The molecule has 0 radical (unpaired) electrons. The maximum Gasteiger partial charge on any atom is 0.132 e. The largest absolute Gasteiger partial charge is 0.300 e. The Labute approximate surface area is 114 Å². The highest BCUT2D eigenvalue weighted by Gasteiger charge is 2.01. The molecule has 0 N–H and O–H groups in total. The van der Waals surface area contributed by atoms with E-state index in [0.29, 0.717) is 5.78 Å². The molecule has 0 saturated heterocycles. The fraction of sp³-hybridized carbons (Fsp3) is 0.824. The van der Waals surface area contributed by atoms with E-state index in [0.717, 1.165) is 32.1 Å². The number of hydrogen-bond acceptors (Lipinski definition) is 1. The molecule has 0 aromatic rings. The molecule has 0 aromatic heterocycles. The van der Waals surface area contributed by atoms with Crippen molar-refractivity contribution in [3.05, 3.63) is 12.7 Å². The average Bonchev–Trinajstić information content (AvgIpc) is 2.37. The van der Waals surface area contributed by atoms with Crippen LogP contribution >= 0.6 is 0 Å². The van der Waals surface area contributed by atoms with Crippen LogP contribution in [-0.4, -0.2) is 5.78 Å². The molecule has 0 heterocycles. The van der Waals surface area contributed by atoms with Gasteiger partial charge in [-0.1, -0.05) is 57.9 Å². The Morgan fingerprint density at radius 2 is 1.33 bits per heavy atom. The summed E-state index contributed by atoms with van der Waals surface area (Å²) in [4.78, 5) is 11.6. The number of rotatable bonds is 14. The summed E-state index contributed by atoms with van der Waals surface area (Å²) in [5.41, 5.74) is 0. The van der Waals surface area contributed by atoms with E-state index in [1.54, 1.807) is 0 Å². The predicted molar refractivity (Wildman–Crippen MR) is 80.9 cm³/mol. The van der Waals surface area contributed by atoms with E-state index in [1.165, 1.54) is 51.4 Å². The summed E-state index contributed by atoms with van der Waals surface area (Å²) in [5, 5.41) is 0. The van der Waals surface area contributed by atoms with E-state index >= 15 is 0 Å². The van der Waals surface area contributed by atoms with Crippen LogP contribution < -0.4 is 0 Å². The van der Waals surface area contributed by atoms with Gasteiger partial charge in [-0.3, -0.25) is 4.79 Å². The van der Waals surface area contributed by atoms with Crippen LogP contribution in [0, 0.1) is 0 Å². The van der Waals surface area contributed by atoms with Gasteiger partial charge in [-0.2, -0.15) is 0 Å². The monoisotopic (exact) mass is 252 g/mol. The zero-order chi connectivity index (χ0) is 13.5. The lowest BCUT2D eigenvalue weighted by atomic mass is 10.0. The van der Waals surface area contributed by atoms with Crippen molar-refractivity contribution >= 4 is 5.78 Å². The van der Waals surface area contributed by atoms with Gasteiger partial charge in [-0.15, -0.1) is 6.58 Å². The fourth-order valence-electron chi connectivity index (χ4n) is 2.19. The number of hydrogen-bond donors (Lipinski definition) is 0. The summed E-state index contributed by atoms with van der Waals surface area (Å²) in [6, 6.07) is 0. The number of carbonyl (C=O) groups excluding carboxylic acids is 1. The number of Topliss-reactive ketones (excluding diaryl/α,β-unsaturated/α-hetero) is 1. The molecule has 0 amide bonds. The Morgan fingerprint density at radius 1 is 0.833 bits per heavy atom. The Bertz CT molecular complexity index is 196. The van der Waals surface area contributed by atoms with E-state index in [9.17, 15) is 4.79 Å². The Kier molecular flexibility index (Phi) is 14.0. The molecular weight excluding hydrogens is 220 g/mol. The van der Waals surface area contributed by atoms with Gasteiger partial charge < -0.3 is 0 Å². The third-order valence-corrected chi connectivity index (χ3v) is 3.42. The molecule has 0 aliphatic rings. The van der Waals surface area contributed by atoms with Crippen LogP contribution in [0.4, 0.5) is 0 Å². The van der Waals surface area contributed by atoms with Gasteiger partial charge in [0.2, 0.25) is 0 Å². The van der Waals surface area contributed by atoms with Gasteiger partial charge in [0.1, 0.15) is 5.78 Å². The van der Waals surface area contributed by atoms with E-state index in [-0.39, 0.29) is 0 Å². The maximum absolute atomic E-state index is 11.6. The van der Waals surface area contributed by atoms with Crippen molar-refractivity contribution < 1.29 is 4.79 Å². The molecule has 18 heavy (non-hydrogen) atoms. The highest BCUT2D eigenvalue weighted by molar-refractivity contribution is 5.78. The first-order chi connectivity index (χ1) is 8.81. The van der Waals surface area contributed by atoms with Crippen molar-refractivity contribution in [2.45, 2.75) is 90.4 Å². The standard InChI is InChI=1S/C17H32O/c1-3-5-7-9-10-12-14-16-17(18)15-13-11-8-6-4-2/h3H,1,4-16H2,2H3. The molecule has 0 atom stereocenters. The lowest BCUT2D eigenvalue weighted by Gasteiger charge is -2.02. The summed E-state index contributed by atoms with van der Waals surface area (Å²) in [7, 11) is 0. The predicted octanol–water partition coefficient (Wildman–Crippen LogP) is 5.83. The molecule has 0 saturated carbocycles. The third-order valence-electron chi connectivity index (χ3n) is 3.42. The zero-order valence-electron chi connectivity index (χ0n) is 12.4. The van der Waals surface area contributed by atoms with Gasteiger partial charge in [-0.05, 0) is 25.7 Å². The quantitative estimate of drug-likeness (QED) is 0.281. The van der Waals surface area contributed by atoms with Crippen molar-refractivity contribution in [3.63, 3.8) is 0 Å². The molecule has 106 valence electrons. The maximum atomic E-state index is 11.6. The lowest BCUT2D eigenvalue weighted by molar-refractivity contribution is -0.119. The van der Waals surface area contributed by atoms with Crippen LogP contribution in [0.15, 0.2) is 12.7 Å². The highest BCUT2D eigenvalue weighted by Crippen LogP contribution is 2.10. The van der Waals surface area contributed by atoms with Crippen molar-refractivity contribution in [2.75, 3.05) is 0 Å². The van der Waals surface area contributed by atoms with Gasteiger partial charge in [0.25, 0.3) is 0 Å². The number of carbonyl (C=O) groups is 1. The third kappa shape index (κ3) is 13.5. The van der Waals surface area contributed by atoms with Crippen LogP contribution in [0.25, 0.3) is 0 Å². The van der Waals surface area contributed by atoms with E-state index in [1.807, 2.05) is 6.08 Å². The van der Waals surface area contributed by atoms with Gasteiger partial charge in [0, 0.05) is 12.8 Å². The molecule has 1 heteroatoms. The van der Waals surface area contributed by atoms with Crippen molar-refractivity contribution in [1.29, 1.82) is 0 Å². The molecule has 0 spiro atoms. The van der Waals surface area contributed by atoms with Crippen LogP contribution in [0.5, 0.6) is 0 Å². The first-order valence-corrected chi connectivity index (χ1v) is 7.93. The Balaban J connectivity index is 3.14. The molecule has 0 unspecified atom stereocenters. The molecule has 0 rings (SSSR count). The lowest BCUT2D eigenvalue weighted by Crippen LogP contribution is -1.97. The van der Waals surface area contributed by atoms with E-state index < -0.39 is 0 Å². The Hall–Kier alpha value is -0.590. The first kappa shape index (κ1) is 17.4. The van der Waals surface area contributed by atoms with Crippen LogP contribution in [0.2, 0.25) is 0 Å². The number of allylic oxidation sites excluding steroid dienone is 1. The smallest absolute Gasteiger partial charge is 0.132 e. The minimum absolute atomic E-state index is 0.484. The average molecular weight is 252 g/mol. The summed E-state index contributed by atoms with van der Waals surface area (Å²) in [6.07, 6.45) is 17.1. The second-order valence-electron chi connectivity index (χ2n) is 5.30. The Morgan fingerprint density at radius 3 is 1.89 bits per heavy atom. The highest BCUT2D eigenvalue weighted by atomic mass is 16.1. The number of ketones is 1. The summed E-state index contributed by atoms with van der Waals surface area (Å²) in [5.74, 6) is 0.484. The second kappa shape index (κ2) is 14.5. The molecule has 0 bridgehead atoms. The molecule has 1 nitrogen and oxygen atoms in total. The summed E-state index contributed by atoms with van der Waals surface area (Å²) < 4.78 is 0. The van der Waals surface area contributed by atoms with Crippen molar-refractivity contribution in [2.24, 2.45) is 0 Å². The number of unbranched alkanes of at least 4 members (excludes halogenated alkanes) is 9. The van der Waals surface area contributed by atoms with E-state index in [2.05, 4.69) is 13.5 Å².